The SMILES string of the molecule is Cc1csc2ncc(C(=O)Nc3ccccn3)c(=O)n12. The Morgan fingerprint density at radius 3 is 2.95 bits per heavy atom. The van der Waals surface area contributed by atoms with Crippen LogP contribution in [0.25, 0.3) is 4.96 Å². The second-order valence-corrected chi connectivity index (χ2v) is 4.98. The summed E-state index contributed by atoms with van der Waals surface area (Å²) in [5, 5.41) is 4.40. The van der Waals surface area contributed by atoms with Crippen molar-refractivity contribution in [2.45, 2.75) is 6.92 Å². The first-order chi connectivity index (χ1) is 9.66. The van der Waals surface area contributed by atoms with Crippen LogP contribution in [0.2, 0.25) is 0 Å². The van der Waals surface area contributed by atoms with E-state index in [9.17, 15) is 9.59 Å². The predicted octanol–water partition coefficient (Wildman–Crippen LogP) is 1.71. The number of anilines is 1. The molecule has 0 aliphatic heterocycles. The standard InChI is InChI=1S/C13H10N4O2S/c1-8-7-20-13-15-6-9(12(19)17(8)13)11(18)16-10-4-2-3-5-14-10/h2-7H,1H3,(H,14,16,18). The van der Waals surface area contributed by atoms with E-state index in [-0.39, 0.29) is 11.1 Å². The number of fused-ring (bicyclic) bond motifs is 1. The maximum Gasteiger partial charge on any atom is 0.271 e. The van der Waals surface area contributed by atoms with Gasteiger partial charge < -0.3 is 5.32 Å². The molecule has 3 rings (SSSR count). The summed E-state index contributed by atoms with van der Waals surface area (Å²) >= 11 is 1.36. The van der Waals surface area contributed by atoms with Gasteiger partial charge in [0.15, 0.2) is 4.96 Å². The van der Waals surface area contributed by atoms with E-state index in [0.717, 1.165) is 5.69 Å². The van der Waals surface area contributed by atoms with Crippen molar-refractivity contribution in [3.05, 3.63) is 57.6 Å². The van der Waals surface area contributed by atoms with Gasteiger partial charge in [-0.25, -0.2) is 9.97 Å². The summed E-state index contributed by atoms with van der Waals surface area (Å²) in [6.45, 7) is 1.80. The van der Waals surface area contributed by atoms with E-state index in [1.54, 1.807) is 31.3 Å². The largest absolute Gasteiger partial charge is 0.306 e. The number of hydrogen-bond donors (Lipinski definition) is 1. The molecule has 7 heteroatoms. The molecule has 0 saturated heterocycles. The van der Waals surface area contributed by atoms with Crippen LogP contribution in [-0.2, 0) is 0 Å². The van der Waals surface area contributed by atoms with Gasteiger partial charge >= 0.3 is 0 Å². The Hall–Kier alpha value is -2.54. The van der Waals surface area contributed by atoms with Crippen LogP contribution in [0.4, 0.5) is 5.82 Å². The van der Waals surface area contributed by atoms with Crippen LogP contribution < -0.4 is 10.9 Å². The molecule has 6 nitrogen and oxygen atoms in total. The zero-order valence-corrected chi connectivity index (χ0v) is 11.3. The Morgan fingerprint density at radius 2 is 2.20 bits per heavy atom. The van der Waals surface area contributed by atoms with Gasteiger partial charge in [0.25, 0.3) is 11.5 Å². The van der Waals surface area contributed by atoms with E-state index >= 15 is 0 Å². The third-order valence-electron chi connectivity index (χ3n) is 2.77. The van der Waals surface area contributed by atoms with E-state index in [1.807, 2.05) is 5.38 Å². The first-order valence-corrected chi connectivity index (χ1v) is 6.73. The highest BCUT2D eigenvalue weighted by Gasteiger charge is 2.15. The number of nitrogens with one attached hydrogen (secondary N) is 1. The number of carbonyl (C=O) groups is 1. The number of thiazole rings is 1. The Balaban J connectivity index is 2.02. The molecule has 3 aromatic rings. The van der Waals surface area contributed by atoms with E-state index in [2.05, 4.69) is 15.3 Å². The molecule has 0 aliphatic rings. The minimum Gasteiger partial charge on any atom is -0.306 e. The summed E-state index contributed by atoms with van der Waals surface area (Å²) in [5.74, 6) is -0.120. The lowest BCUT2D eigenvalue weighted by Gasteiger charge is -2.04. The van der Waals surface area contributed by atoms with Crippen LogP contribution in [0.5, 0.6) is 0 Å². The highest BCUT2D eigenvalue weighted by Crippen LogP contribution is 2.11. The Labute approximate surface area is 117 Å². The van der Waals surface area contributed by atoms with Crippen LogP contribution in [0.1, 0.15) is 16.1 Å². The van der Waals surface area contributed by atoms with Crippen molar-refractivity contribution in [3.63, 3.8) is 0 Å². The molecule has 100 valence electrons. The smallest absolute Gasteiger partial charge is 0.271 e. The number of aromatic nitrogens is 3. The first kappa shape index (κ1) is 12.5. The second-order valence-electron chi connectivity index (χ2n) is 4.14. The first-order valence-electron chi connectivity index (χ1n) is 5.85. The molecule has 20 heavy (non-hydrogen) atoms. The Kier molecular flexibility index (Phi) is 3.03. The summed E-state index contributed by atoms with van der Waals surface area (Å²) in [5.41, 5.74) is 0.381. The third kappa shape index (κ3) is 2.08. The highest BCUT2D eigenvalue weighted by atomic mass is 32.1. The van der Waals surface area contributed by atoms with Crippen molar-refractivity contribution >= 4 is 28.0 Å². The Morgan fingerprint density at radius 1 is 1.35 bits per heavy atom. The molecule has 0 aromatic carbocycles. The van der Waals surface area contributed by atoms with E-state index < -0.39 is 5.91 Å². The van der Waals surface area contributed by atoms with Gasteiger partial charge in [-0.3, -0.25) is 14.0 Å². The molecule has 1 N–H and O–H groups in total. The zero-order chi connectivity index (χ0) is 14.1. The topological polar surface area (TPSA) is 76.4 Å². The zero-order valence-electron chi connectivity index (χ0n) is 10.5. The van der Waals surface area contributed by atoms with Gasteiger partial charge in [-0.1, -0.05) is 6.07 Å². The van der Waals surface area contributed by atoms with Gasteiger partial charge in [0.2, 0.25) is 0 Å². The average Bonchev–Trinajstić information content (AvgIpc) is 2.82. The molecule has 0 atom stereocenters. The van der Waals surface area contributed by atoms with Crippen LogP contribution >= 0.6 is 11.3 Å². The fourth-order valence-electron chi connectivity index (χ4n) is 1.80. The number of carbonyl (C=O) groups excluding carboxylic acids is 1. The van der Waals surface area contributed by atoms with Crippen molar-refractivity contribution in [2.75, 3.05) is 5.32 Å². The minimum atomic E-state index is -0.513. The molecule has 3 aromatic heterocycles. The molecule has 0 radical (unpaired) electrons. The molecule has 0 unspecified atom stereocenters. The number of rotatable bonds is 2. The van der Waals surface area contributed by atoms with Gasteiger partial charge in [-0.05, 0) is 19.1 Å². The molecule has 0 saturated carbocycles. The van der Waals surface area contributed by atoms with Gasteiger partial charge in [-0.2, -0.15) is 0 Å². The highest BCUT2D eigenvalue weighted by molar-refractivity contribution is 7.15. The molecule has 1 amide bonds. The summed E-state index contributed by atoms with van der Waals surface area (Å²) in [6.07, 6.45) is 2.86. The second kappa shape index (κ2) is 4.86. The lowest BCUT2D eigenvalue weighted by atomic mass is 10.3. The van der Waals surface area contributed by atoms with Crippen LogP contribution in [-0.4, -0.2) is 20.3 Å². The fraction of sp³-hybridized carbons (Fsp3) is 0.0769. The van der Waals surface area contributed by atoms with Gasteiger partial charge in [0.05, 0.1) is 0 Å². The number of pyridine rings is 1. The summed E-state index contributed by atoms with van der Waals surface area (Å²) in [6, 6.07) is 5.14. The maximum absolute atomic E-state index is 12.3. The number of amides is 1. The van der Waals surface area contributed by atoms with Gasteiger partial charge in [-0.15, -0.1) is 11.3 Å². The fourth-order valence-corrected chi connectivity index (χ4v) is 2.63. The summed E-state index contributed by atoms with van der Waals surface area (Å²) < 4.78 is 1.43. The monoisotopic (exact) mass is 286 g/mol. The molecular weight excluding hydrogens is 276 g/mol. The van der Waals surface area contributed by atoms with E-state index in [0.29, 0.717) is 10.8 Å². The quantitative estimate of drug-likeness (QED) is 0.778. The number of nitrogens with zero attached hydrogens (tertiary/aromatic N) is 3. The Bertz CT molecular complexity index is 838. The molecule has 0 bridgehead atoms. The number of hydrogen-bond acceptors (Lipinski definition) is 5. The van der Waals surface area contributed by atoms with E-state index in [4.69, 9.17) is 0 Å². The van der Waals surface area contributed by atoms with E-state index in [1.165, 1.54) is 21.9 Å². The van der Waals surface area contributed by atoms with Crippen molar-refractivity contribution in [1.29, 1.82) is 0 Å². The van der Waals surface area contributed by atoms with Crippen LogP contribution in [0.3, 0.4) is 0 Å². The minimum absolute atomic E-state index is 0.00495. The van der Waals surface area contributed by atoms with Gasteiger partial charge in [0.1, 0.15) is 11.4 Å². The average molecular weight is 286 g/mol. The van der Waals surface area contributed by atoms with Crippen molar-refractivity contribution < 1.29 is 4.79 Å². The predicted molar refractivity (Wildman–Crippen MR) is 76.3 cm³/mol. The summed E-state index contributed by atoms with van der Waals surface area (Å²) in [4.78, 5) is 33.1. The maximum atomic E-state index is 12.3. The summed E-state index contributed by atoms with van der Waals surface area (Å²) in [7, 11) is 0. The van der Waals surface area contributed by atoms with Crippen LogP contribution in [0.15, 0.2) is 40.8 Å². The lowest BCUT2D eigenvalue weighted by molar-refractivity contribution is 0.102. The molecule has 0 fully saturated rings. The van der Waals surface area contributed by atoms with Crippen molar-refractivity contribution in [1.82, 2.24) is 14.4 Å². The van der Waals surface area contributed by atoms with Crippen molar-refractivity contribution in [2.24, 2.45) is 0 Å². The third-order valence-corrected chi connectivity index (χ3v) is 3.73. The molecular formula is C13H10N4O2S. The normalized spacial score (nSPS) is 10.7. The van der Waals surface area contributed by atoms with Crippen molar-refractivity contribution in [3.8, 4) is 0 Å². The number of aryl methyl sites for hydroxylation is 1. The molecule has 3 heterocycles. The van der Waals surface area contributed by atoms with Gasteiger partial charge in [0, 0.05) is 23.5 Å². The molecule has 0 spiro atoms. The van der Waals surface area contributed by atoms with Crippen LogP contribution in [0, 0.1) is 6.92 Å². The molecule has 0 aliphatic carbocycles. The lowest BCUT2D eigenvalue weighted by Crippen LogP contribution is -2.26.